The molecule has 118 valence electrons. The lowest BCUT2D eigenvalue weighted by atomic mass is 9.87. The topological polar surface area (TPSA) is 49.8 Å². The predicted octanol–water partition coefficient (Wildman–Crippen LogP) is 4.20. The van der Waals surface area contributed by atoms with Crippen molar-refractivity contribution in [1.82, 2.24) is 9.97 Å². The molecular formula is C17H30N4. The number of hydrogen-bond acceptors (Lipinski definition) is 4. The van der Waals surface area contributed by atoms with Gasteiger partial charge in [-0.05, 0) is 25.2 Å². The Morgan fingerprint density at radius 3 is 2.43 bits per heavy atom. The van der Waals surface area contributed by atoms with E-state index >= 15 is 0 Å². The zero-order valence-corrected chi connectivity index (χ0v) is 14.4. The standard InChI is InChI=1S/C17H30N4/c1-7-18-13-11-14(21-15(20-13)16(2,3)4)19-12-9-8-10-17(12,5)6/h11-12H,7-10H2,1-6H3,(H2,18,19,20,21). The van der Waals surface area contributed by atoms with E-state index in [-0.39, 0.29) is 5.41 Å². The number of anilines is 2. The Kier molecular flexibility index (Phi) is 4.45. The minimum atomic E-state index is -0.0486. The van der Waals surface area contributed by atoms with Gasteiger partial charge < -0.3 is 10.6 Å². The summed E-state index contributed by atoms with van der Waals surface area (Å²) in [6.45, 7) is 14.1. The van der Waals surface area contributed by atoms with Gasteiger partial charge >= 0.3 is 0 Å². The molecule has 0 spiro atoms. The SMILES string of the molecule is CCNc1cc(NC2CCCC2(C)C)nc(C(C)(C)C)n1. The van der Waals surface area contributed by atoms with Crippen molar-refractivity contribution in [1.29, 1.82) is 0 Å². The molecule has 0 bridgehead atoms. The average molecular weight is 290 g/mol. The van der Waals surface area contributed by atoms with Crippen LogP contribution in [0.5, 0.6) is 0 Å². The van der Waals surface area contributed by atoms with Gasteiger partial charge in [0.25, 0.3) is 0 Å². The monoisotopic (exact) mass is 290 g/mol. The Labute approximate surface area is 129 Å². The Bertz CT molecular complexity index is 488. The van der Waals surface area contributed by atoms with Gasteiger partial charge in [0.2, 0.25) is 0 Å². The summed E-state index contributed by atoms with van der Waals surface area (Å²) in [6.07, 6.45) is 3.79. The van der Waals surface area contributed by atoms with Gasteiger partial charge in [0.05, 0.1) is 0 Å². The second-order valence-corrected chi connectivity index (χ2v) is 7.82. The maximum Gasteiger partial charge on any atom is 0.138 e. The van der Waals surface area contributed by atoms with Gasteiger partial charge in [-0.25, -0.2) is 9.97 Å². The molecule has 2 rings (SSSR count). The summed E-state index contributed by atoms with van der Waals surface area (Å²) in [4.78, 5) is 9.40. The van der Waals surface area contributed by atoms with E-state index in [9.17, 15) is 0 Å². The Morgan fingerprint density at radius 2 is 1.90 bits per heavy atom. The highest BCUT2D eigenvalue weighted by atomic mass is 15.1. The van der Waals surface area contributed by atoms with E-state index in [0.717, 1.165) is 24.0 Å². The van der Waals surface area contributed by atoms with Gasteiger partial charge in [-0.2, -0.15) is 0 Å². The highest BCUT2D eigenvalue weighted by molar-refractivity contribution is 5.49. The molecule has 21 heavy (non-hydrogen) atoms. The molecule has 0 amide bonds. The zero-order chi connectivity index (χ0) is 15.7. The summed E-state index contributed by atoms with van der Waals surface area (Å²) < 4.78 is 0. The second kappa shape index (κ2) is 5.82. The molecule has 4 nitrogen and oxygen atoms in total. The Morgan fingerprint density at radius 1 is 1.24 bits per heavy atom. The van der Waals surface area contributed by atoms with E-state index < -0.39 is 0 Å². The molecule has 2 N–H and O–H groups in total. The van der Waals surface area contributed by atoms with Crippen LogP contribution in [0.25, 0.3) is 0 Å². The molecule has 1 aliphatic rings. The highest BCUT2D eigenvalue weighted by Crippen LogP contribution is 2.39. The number of rotatable bonds is 4. The minimum Gasteiger partial charge on any atom is -0.370 e. The molecule has 4 heteroatoms. The maximum atomic E-state index is 4.75. The minimum absolute atomic E-state index is 0.0486. The summed E-state index contributed by atoms with van der Waals surface area (Å²) in [5.41, 5.74) is 0.290. The third-order valence-electron chi connectivity index (χ3n) is 4.33. The lowest BCUT2D eigenvalue weighted by Gasteiger charge is -2.29. The molecule has 1 fully saturated rings. The van der Waals surface area contributed by atoms with Crippen LogP contribution in [0.2, 0.25) is 0 Å². The third kappa shape index (κ3) is 3.86. The summed E-state index contributed by atoms with van der Waals surface area (Å²) in [5.74, 6) is 2.75. The summed E-state index contributed by atoms with van der Waals surface area (Å²) >= 11 is 0. The summed E-state index contributed by atoms with van der Waals surface area (Å²) in [5, 5.41) is 6.97. The van der Waals surface area contributed by atoms with E-state index in [1.807, 2.05) is 6.07 Å². The van der Waals surface area contributed by atoms with E-state index in [4.69, 9.17) is 4.98 Å². The van der Waals surface area contributed by atoms with Crippen LogP contribution >= 0.6 is 0 Å². The number of nitrogens with zero attached hydrogens (tertiary/aromatic N) is 2. The molecule has 1 saturated carbocycles. The van der Waals surface area contributed by atoms with Crippen LogP contribution < -0.4 is 10.6 Å². The normalized spacial score (nSPS) is 21.3. The number of hydrogen-bond donors (Lipinski definition) is 2. The fraction of sp³-hybridized carbons (Fsp3) is 0.765. The molecule has 0 radical (unpaired) electrons. The molecular weight excluding hydrogens is 260 g/mol. The smallest absolute Gasteiger partial charge is 0.138 e. The Hall–Kier alpha value is -1.32. The summed E-state index contributed by atoms with van der Waals surface area (Å²) in [7, 11) is 0. The summed E-state index contributed by atoms with van der Waals surface area (Å²) in [6, 6.07) is 2.53. The molecule has 1 atom stereocenters. The van der Waals surface area contributed by atoms with Crippen LogP contribution in [0, 0.1) is 5.41 Å². The molecule has 0 saturated heterocycles. The molecule has 1 unspecified atom stereocenters. The maximum absolute atomic E-state index is 4.75. The van der Waals surface area contributed by atoms with Crippen molar-refractivity contribution in [3.8, 4) is 0 Å². The van der Waals surface area contributed by atoms with Crippen LogP contribution in [0.1, 0.15) is 66.6 Å². The number of nitrogens with one attached hydrogen (secondary N) is 2. The average Bonchev–Trinajstić information content (AvgIpc) is 2.68. The first-order valence-electron chi connectivity index (χ1n) is 8.12. The predicted molar refractivity (Wildman–Crippen MR) is 89.9 cm³/mol. The van der Waals surface area contributed by atoms with Gasteiger partial charge in [0.15, 0.2) is 0 Å². The van der Waals surface area contributed by atoms with Gasteiger partial charge in [-0.1, -0.05) is 41.0 Å². The molecule has 1 heterocycles. The first-order chi connectivity index (χ1) is 9.72. The lowest BCUT2D eigenvalue weighted by Crippen LogP contribution is -2.31. The van der Waals surface area contributed by atoms with Gasteiger partial charge in [0.1, 0.15) is 17.5 Å². The molecule has 0 aromatic carbocycles. The lowest BCUT2D eigenvalue weighted by molar-refractivity contribution is 0.349. The van der Waals surface area contributed by atoms with Crippen LogP contribution in [0.3, 0.4) is 0 Å². The largest absolute Gasteiger partial charge is 0.370 e. The fourth-order valence-corrected chi connectivity index (χ4v) is 2.90. The van der Waals surface area contributed by atoms with E-state index in [0.29, 0.717) is 11.5 Å². The van der Waals surface area contributed by atoms with Crippen LogP contribution in [0.15, 0.2) is 6.07 Å². The van der Waals surface area contributed by atoms with E-state index in [2.05, 4.69) is 57.2 Å². The molecule has 1 aliphatic carbocycles. The first-order valence-corrected chi connectivity index (χ1v) is 8.12. The van der Waals surface area contributed by atoms with Crippen molar-refractivity contribution in [3.63, 3.8) is 0 Å². The van der Waals surface area contributed by atoms with Crippen molar-refractivity contribution in [2.75, 3.05) is 17.2 Å². The van der Waals surface area contributed by atoms with Crippen LogP contribution in [0.4, 0.5) is 11.6 Å². The van der Waals surface area contributed by atoms with E-state index in [1.54, 1.807) is 0 Å². The van der Waals surface area contributed by atoms with Crippen molar-refractivity contribution in [3.05, 3.63) is 11.9 Å². The van der Waals surface area contributed by atoms with Crippen molar-refractivity contribution < 1.29 is 0 Å². The van der Waals surface area contributed by atoms with E-state index in [1.165, 1.54) is 19.3 Å². The van der Waals surface area contributed by atoms with Crippen molar-refractivity contribution in [2.45, 2.75) is 72.3 Å². The Balaban J connectivity index is 2.28. The van der Waals surface area contributed by atoms with Crippen molar-refractivity contribution >= 4 is 11.6 Å². The molecule has 1 aromatic heterocycles. The number of aromatic nitrogens is 2. The fourth-order valence-electron chi connectivity index (χ4n) is 2.90. The molecule has 1 aromatic rings. The molecule has 0 aliphatic heterocycles. The third-order valence-corrected chi connectivity index (χ3v) is 4.33. The second-order valence-electron chi connectivity index (χ2n) is 7.82. The zero-order valence-electron chi connectivity index (χ0n) is 14.4. The van der Waals surface area contributed by atoms with Crippen LogP contribution in [-0.2, 0) is 5.41 Å². The van der Waals surface area contributed by atoms with Gasteiger partial charge in [0, 0.05) is 24.1 Å². The quantitative estimate of drug-likeness (QED) is 0.872. The highest BCUT2D eigenvalue weighted by Gasteiger charge is 2.34. The van der Waals surface area contributed by atoms with Crippen LogP contribution in [-0.4, -0.2) is 22.6 Å². The van der Waals surface area contributed by atoms with Crippen molar-refractivity contribution in [2.24, 2.45) is 5.41 Å². The first kappa shape index (κ1) is 16.1. The van der Waals surface area contributed by atoms with Gasteiger partial charge in [-0.15, -0.1) is 0 Å². The van der Waals surface area contributed by atoms with Gasteiger partial charge in [-0.3, -0.25) is 0 Å².